The molecule has 2 heterocycles. The van der Waals surface area contributed by atoms with E-state index in [4.69, 9.17) is 28.8 Å². The number of nitrogens with one attached hydrogen (secondary N) is 1. The van der Waals surface area contributed by atoms with Crippen molar-refractivity contribution in [1.82, 2.24) is 15.0 Å². The van der Waals surface area contributed by atoms with Gasteiger partial charge in [0.1, 0.15) is 5.69 Å². The van der Waals surface area contributed by atoms with Gasteiger partial charge in [-0.05, 0) is 55.0 Å². The molecular formula is C24H19ClN6O. The lowest BCUT2D eigenvalue weighted by atomic mass is 10.0. The Balaban J connectivity index is 1.86. The number of nitrogens with zero attached hydrogens (tertiary/aromatic N) is 2. The number of aromatic amines is 1. The van der Waals surface area contributed by atoms with E-state index in [0.29, 0.717) is 38.9 Å². The molecule has 0 aliphatic rings. The van der Waals surface area contributed by atoms with Gasteiger partial charge >= 0.3 is 0 Å². The van der Waals surface area contributed by atoms with E-state index in [1.807, 2.05) is 25.1 Å². The summed E-state index contributed by atoms with van der Waals surface area (Å²) in [6.07, 6.45) is 1.54. The van der Waals surface area contributed by atoms with Gasteiger partial charge in [-0.1, -0.05) is 29.5 Å². The molecule has 7 N–H and O–H groups in total. The summed E-state index contributed by atoms with van der Waals surface area (Å²) in [7, 11) is 0. The van der Waals surface area contributed by atoms with Crippen LogP contribution < -0.4 is 17.2 Å². The van der Waals surface area contributed by atoms with Crippen molar-refractivity contribution in [2.75, 3.05) is 11.5 Å². The van der Waals surface area contributed by atoms with Gasteiger partial charge in [0.05, 0.1) is 22.5 Å². The molecule has 158 valence electrons. The molecule has 4 rings (SSSR count). The summed E-state index contributed by atoms with van der Waals surface area (Å²) in [4.78, 5) is 23.9. The first kappa shape index (κ1) is 21.0. The van der Waals surface area contributed by atoms with Crippen molar-refractivity contribution >= 4 is 29.1 Å². The Bertz CT molecular complexity index is 1400. The van der Waals surface area contributed by atoms with Gasteiger partial charge in [0.2, 0.25) is 5.95 Å². The van der Waals surface area contributed by atoms with Gasteiger partial charge in [-0.15, -0.1) is 0 Å². The fraction of sp³-hybridized carbons (Fsp3) is 0.0417. The molecule has 2 aromatic carbocycles. The maximum Gasteiger partial charge on any atom is 0.250 e. The van der Waals surface area contributed by atoms with E-state index in [0.717, 1.165) is 16.7 Å². The molecule has 0 fully saturated rings. The Morgan fingerprint density at radius 1 is 1.06 bits per heavy atom. The third-order valence-electron chi connectivity index (χ3n) is 4.87. The van der Waals surface area contributed by atoms with Crippen LogP contribution >= 0.6 is 11.6 Å². The first-order valence-corrected chi connectivity index (χ1v) is 9.99. The van der Waals surface area contributed by atoms with Gasteiger partial charge in [0, 0.05) is 28.0 Å². The molecule has 0 saturated carbocycles. The highest BCUT2D eigenvalue weighted by Crippen LogP contribution is 2.33. The van der Waals surface area contributed by atoms with Crippen LogP contribution in [0, 0.1) is 18.8 Å². The maximum atomic E-state index is 12.2. The summed E-state index contributed by atoms with van der Waals surface area (Å²) < 4.78 is 0. The van der Waals surface area contributed by atoms with E-state index in [1.165, 1.54) is 6.20 Å². The summed E-state index contributed by atoms with van der Waals surface area (Å²) in [5.74, 6) is 5.62. The van der Waals surface area contributed by atoms with Gasteiger partial charge in [-0.25, -0.2) is 9.97 Å². The van der Waals surface area contributed by atoms with Crippen LogP contribution in [0.5, 0.6) is 0 Å². The van der Waals surface area contributed by atoms with Crippen LogP contribution in [-0.2, 0) is 0 Å². The number of rotatable bonds is 3. The van der Waals surface area contributed by atoms with Gasteiger partial charge < -0.3 is 22.2 Å². The van der Waals surface area contributed by atoms with Crippen LogP contribution in [0.1, 0.15) is 27.0 Å². The molecule has 0 aliphatic carbocycles. The fourth-order valence-electron chi connectivity index (χ4n) is 3.25. The zero-order valence-corrected chi connectivity index (χ0v) is 17.9. The number of halogens is 1. The predicted octanol–water partition coefficient (Wildman–Crippen LogP) is 3.76. The number of anilines is 2. The molecule has 0 spiro atoms. The number of nitrogens with two attached hydrogens (primary N) is 3. The first-order valence-electron chi connectivity index (χ1n) is 9.61. The highest BCUT2D eigenvalue weighted by atomic mass is 35.5. The van der Waals surface area contributed by atoms with Gasteiger partial charge in [0.15, 0.2) is 0 Å². The second-order valence-corrected chi connectivity index (χ2v) is 7.59. The predicted molar refractivity (Wildman–Crippen MR) is 127 cm³/mol. The van der Waals surface area contributed by atoms with Crippen molar-refractivity contribution in [2.45, 2.75) is 6.92 Å². The zero-order chi connectivity index (χ0) is 22.8. The molecule has 8 heteroatoms. The average molecular weight is 443 g/mol. The number of primary amides is 1. The number of benzene rings is 2. The number of hydrogen-bond donors (Lipinski definition) is 4. The zero-order valence-electron chi connectivity index (χ0n) is 17.1. The van der Waals surface area contributed by atoms with Crippen LogP contribution in [-0.4, -0.2) is 20.9 Å². The lowest BCUT2D eigenvalue weighted by Crippen LogP contribution is -2.11. The summed E-state index contributed by atoms with van der Waals surface area (Å²) in [5, 5.41) is 0.540. The maximum absolute atomic E-state index is 12.2. The van der Waals surface area contributed by atoms with Crippen LogP contribution in [0.3, 0.4) is 0 Å². The van der Waals surface area contributed by atoms with Crippen LogP contribution in [0.15, 0.2) is 54.7 Å². The van der Waals surface area contributed by atoms with Crippen molar-refractivity contribution in [2.24, 2.45) is 5.73 Å². The average Bonchev–Trinajstić information content (AvgIpc) is 3.21. The minimum Gasteiger partial charge on any atom is -0.399 e. The molecule has 32 heavy (non-hydrogen) atoms. The molecule has 2 aromatic heterocycles. The number of carbonyl (C=O) groups excluding carboxylic acids is 1. The number of nitrogen functional groups attached to an aromatic ring is 2. The Morgan fingerprint density at radius 3 is 2.53 bits per heavy atom. The van der Waals surface area contributed by atoms with E-state index in [1.54, 1.807) is 30.3 Å². The number of carbonyl (C=O) groups is 1. The lowest BCUT2D eigenvalue weighted by Gasteiger charge is -2.07. The lowest BCUT2D eigenvalue weighted by molar-refractivity contribution is 0.100. The van der Waals surface area contributed by atoms with Crippen LogP contribution in [0.4, 0.5) is 11.6 Å². The minimum absolute atomic E-state index is 0.0775. The second kappa shape index (κ2) is 8.46. The summed E-state index contributed by atoms with van der Waals surface area (Å²) in [6, 6.07) is 14.2. The number of amides is 1. The van der Waals surface area contributed by atoms with E-state index >= 15 is 0 Å². The number of H-pyrrole nitrogens is 1. The minimum atomic E-state index is -0.585. The Kier molecular flexibility index (Phi) is 5.54. The van der Waals surface area contributed by atoms with Crippen LogP contribution in [0.25, 0.3) is 22.6 Å². The molecule has 1 amide bonds. The molecule has 0 saturated heterocycles. The van der Waals surface area contributed by atoms with Gasteiger partial charge in [0.25, 0.3) is 5.91 Å². The largest absolute Gasteiger partial charge is 0.399 e. The normalized spacial score (nSPS) is 10.4. The molecule has 4 aromatic rings. The van der Waals surface area contributed by atoms with E-state index < -0.39 is 5.91 Å². The Hall–Kier alpha value is -4.28. The standard InChI is InChI=1S/C24H19ClN6O/c1-13-2-7-16(25)10-18(13)22-19(23(27)32)11-20(30-22)21-15(12-29-24(28)31-21)6-3-14-4-8-17(26)9-5-14/h2,4-5,7-12,30H,26H2,1H3,(H2,27,32)(H2,28,29,31). The van der Waals surface area contributed by atoms with Crippen molar-refractivity contribution in [1.29, 1.82) is 0 Å². The fourth-order valence-corrected chi connectivity index (χ4v) is 3.42. The van der Waals surface area contributed by atoms with Crippen molar-refractivity contribution < 1.29 is 4.79 Å². The number of aromatic nitrogens is 3. The topological polar surface area (TPSA) is 137 Å². The van der Waals surface area contributed by atoms with E-state index in [9.17, 15) is 4.79 Å². The van der Waals surface area contributed by atoms with E-state index in [2.05, 4.69) is 26.8 Å². The summed E-state index contributed by atoms with van der Waals surface area (Å²) in [5.41, 5.74) is 22.7. The number of aryl methyl sites for hydroxylation is 1. The summed E-state index contributed by atoms with van der Waals surface area (Å²) in [6.45, 7) is 1.92. The molecule has 0 aliphatic heterocycles. The SMILES string of the molecule is Cc1ccc(Cl)cc1-c1[nH]c(-c2nc(N)ncc2C#Cc2ccc(N)cc2)cc1C(N)=O. The van der Waals surface area contributed by atoms with Crippen LogP contribution in [0.2, 0.25) is 5.02 Å². The Morgan fingerprint density at radius 2 is 1.81 bits per heavy atom. The second-order valence-electron chi connectivity index (χ2n) is 7.16. The molecule has 0 atom stereocenters. The third-order valence-corrected chi connectivity index (χ3v) is 5.10. The van der Waals surface area contributed by atoms with E-state index in [-0.39, 0.29) is 5.95 Å². The van der Waals surface area contributed by atoms with Crippen molar-refractivity contribution in [3.63, 3.8) is 0 Å². The third kappa shape index (κ3) is 4.26. The van der Waals surface area contributed by atoms with Gasteiger partial charge in [-0.3, -0.25) is 4.79 Å². The smallest absolute Gasteiger partial charge is 0.250 e. The molecule has 7 nitrogen and oxygen atoms in total. The highest BCUT2D eigenvalue weighted by Gasteiger charge is 2.19. The quantitative estimate of drug-likeness (QED) is 0.283. The Labute approximate surface area is 189 Å². The van der Waals surface area contributed by atoms with Crippen molar-refractivity contribution in [3.8, 4) is 34.5 Å². The monoisotopic (exact) mass is 442 g/mol. The van der Waals surface area contributed by atoms with Crippen molar-refractivity contribution in [3.05, 3.63) is 82.0 Å². The first-order chi connectivity index (χ1) is 15.3. The molecule has 0 bridgehead atoms. The number of hydrogen-bond acceptors (Lipinski definition) is 5. The highest BCUT2D eigenvalue weighted by molar-refractivity contribution is 6.31. The summed E-state index contributed by atoms with van der Waals surface area (Å²) >= 11 is 6.18. The van der Waals surface area contributed by atoms with Gasteiger partial charge in [-0.2, -0.15) is 0 Å². The molecule has 0 radical (unpaired) electrons. The molecule has 0 unspecified atom stereocenters. The molecular weight excluding hydrogens is 424 g/mol.